The minimum absolute atomic E-state index is 0.154. The number of anilines is 2. The topological polar surface area (TPSA) is 103 Å². The predicted molar refractivity (Wildman–Crippen MR) is 132 cm³/mol. The van der Waals surface area contributed by atoms with Crippen molar-refractivity contribution in [3.63, 3.8) is 0 Å². The number of sulfonamides is 1. The molecule has 1 aliphatic rings. The Bertz CT molecular complexity index is 1120. The minimum Gasteiger partial charge on any atom is -0.484 e. The number of rotatable bonds is 10. The largest absolute Gasteiger partial charge is 0.484 e. The van der Waals surface area contributed by atoms with Crippen molar-refractivity contribution in [3.05, 3.63) is 48.0 Å². The standard InChI is InChI=1S/C25H32N4O4S/c1-3-29(4-2)34(31,32)22-12-13-24(28-16-6-5-7-17-28)23(18-22)27-25(30)19-33-21-10-8-20(9-11-21)14-15-26/h8-13,18H,3-7,14,16-17,19H2,1-2H3,(H,27,30). The van der Waals surface area contributed by atoms with Gasteiger partial charge in [-0.05, 0) is 55.2 Å². The van der Waals surface area contributed by atoms with Gasteiger partial charge in [-0.25, -0.2) is 8.42 Å². The van der Waals surface area contributed by atoms with Crippen LogP contribution in [0.2, 0.25) is 0 Å². The molecule has 1 saturated heterocycles. The van der Waals surface area contributed by atoms with Crippen LogP contribution in [0.5, 0.6) is 5.75 Å². The Hall–Kier alpha value is -3.09. The van der Waals surface area contributed by atoms with Crippen molar-refractivity contribution < 1.29 is 17.9 Å². The minimum atomic E-state index is -3.66. The third-order valence-electron chi connectivity index (χ3n) is 5.86. The van der Waals surface area contributed by atoms with Gasteiger partial charge in [-0.3, -0.25) is 4.79 Å². The zero-order valence-corrected chi connectivity index (χ0v) is 20.6. The number of piperidine rings is 1. The molecule has 0 aromatic heterocycles. The number of nitriles is 1. The van der Waals surface area contributed by atoms with E-state index in [1.54, 1.807) is 56.3 Å². The third kappa shape index (κ3) is 6.27. The molecule has 34 heavy (non-hydrogen) atoms. The van der Waals surface area contributed by atoms with Crippen LogP contribution >= 0.6 is 0 Å². The van der Waals surface area contributed by atoms with E-state index in [0.717, 1.165) is 43.6 Å². The molecule has 2 aromatic rings. The lowest BCUT2D eigenvalue weighted by atomic mass is 10.1. The van der Waals surface area contributed by atoms with Crippen LogP contribution in [0.4, 0.5) is 11.4 Å². The van der Waals surface area contributed by atoms with E-state index in [2.05, 4.69) is 16.3 Å². The lowest BCUT2D eigenvalue weighted by molar-refractivity contribution is -0.118. The van der Waals surface area contributed by atoms with Crippen LogP contribution in [-0.4, -0.2) is 51.4 Å². The fraction of sp³-hybridized carbons (Fsp3) is 0.440. The molecule has 182 valence electrons. The number of nitrogens with one attached hydrogen (secondary N) is 1. The summed E-state index contributed by atoms with van der Waals surface area (Å²) in [5, 5.41) is 11.6. The van der Waals surface area contributed by atoms with Crippen molar-refractivity contribution in [1.29, 1.82) is 5.26 Å². The Morgan fingerprint density at radius 3 is 2.38 bits per heavy atom. The summed E-state index contributed by atoms with van der Waals surface area (Å²) in [5.74, 6) is 0.141. The molecule has 0 spiro atoms. The number of hydrogen-bond donors (Lipinski definition) is 1. The monoisotopic (exact) mass is 484 g/mol. The van der Waals surface area contributed by atoms with Gasteiger partial charge in [0.25, 0.3) is 5.91 Å². The van der Waals surface area contributed by atoms with Crippen LogP contribution < -0.4 is 15.0 Å². The van der Waals surface area contributed by atoms with Crippen LogP contribution in [0.15, 0.2) is 47.4 Å². The van der Waals surface area contributed by atoms with Crippen molar-refractivity contribution in [2.45, 2.75) is 44.4 Å². The Kier molecular flexibility index (Phi) is 8.91. The molecular weight excluding hydrogens is 452 g/mol. The number of benzene rings is 2. The van der Waals surface area contributed by atoms with E-state index in [1.807, 2.05) is 0 Å². The second kappa shape index (κ2) is 11.9. The third-order valence-corrected chi connectivity index (χ3v) is 7.90. The van der Waals surface area contributed by atoms with Crippen LogP contribution in [0, 0.1) is 11.3 Å². The van der Waals surface area contributed by atoms with Gasteiger partial charge in [0.05, 0.1) is 28.8 Å². The first kappa shape index (κ1) is 25.5. The SMILES string of the molecule is CCN(CC)S(=O)(=O)c1ccc(N2CCCCC2)c(NC(=O)COc2ccc(CC#N)cc2)c1. The van der Waals surface area contributed by atoms with Crippen LogP contribution in [0.1, 0.15) is 38.7 Å². The molecule has 3 rings (SSSR count). The van der Waals surface area contributed by atoms with Crippen LogP contribution in [0.3, 0.4) is 0 Å². The zero-order valence-electron chi connectivity index (χ0n) is 19.8. The fourth-order valence-corrected chi connectivity index (χ4v) is 5.51. The van der Waals surface area contributed by atoms with Gasteiger partial charge in [0, 0.05) is 26.2 Å². The lowest BCUT2D eigenvalue weighted by Crippen LogP contribution is -2.32. The summed E-state index contributed by atoms with van der Waals surface area (Å²) in [4.78, 5) is 15.1. The second-order valence-corrected chi connectivity index (χ2v) is 10.1. The van der Waals surface area contributed by atoms with Gasteiger partial charge in [-0.1, -0.05) is 26.0 Å². The molecule has 0 bridgehead atoms. The van der Waals surface area contributed by atoms with E-state index in [-0.39, 0.29) is 17.4 Å². The Labute approximate surface area is 202 Å². The van der Waals surface area contributed by atoms with E-state index in [0.29, 0.717) is 30.9 Å². The molecule has 0 radical (unpaired) electrons. The van der Waals surface area contributed by atoms with Gasteiger partial charge in [0.1, 0.15) is 5.75 Å². The average Bonchev–Trinajstić information content (AvgIpc) is 2.85. The molecular formula is C25H32N4O4S. The molecule has 1 fully saturated rings. The molecule has 0 atom stereocenters. The first-order chi connectivity index (χ1) is 16.4. The lowest BCUT2D eigenvalue weighted by Gasteiger charge is -2.31. The zero-order chi connectivity index (χ0) is 24.6. The number of carbonyl (C=O) groups is 1. The van der Waals surface area contributed by atoms with Crippen LogP contribution in [0.25, 0.3) is 0 Å². The predicted octanol–water partition coefficient (Wildman–Crippen LogP) is 3.79. The first-order valence-electron chi connectivity index (χ1n) is 11.7. The smallest absolute Gasteiger partial charge is 0.262 e. The van der Waals surface area contributed by atoms with E-state index in [9.17, 15) is 13.2 Å². The summed E-state index contributed by atoms with van der Waals surface area (Å²) in [6.45, 7) is 5.84. The normalized spacial score (nSPS) is 14.0. The highest BCUT2D eigenvalue weighted by Gasteiger charge is 2.24. The van der Waals surface area contributed by atoms with Crippen molar-refractivity contribution in [3.8, 4) is 11.8 Å². The summed E-state index contributed by atoms with van der Waals surface area (Å²) in [6.07, 6.45) is 3.58. The number of nitrogens with zero attached hydrogens (tertiary/aromatic N) is 3. The van der Waals surface area contributed by atoms with Crippen molar-refractivity contribution in [2.24, 2.45) is 0 Å². The van der Waals surface area contributed by atoms with Gasteiger partial charge >= 0.3 is 0 Å². The van der Waals surface area contributed by atoms with E-state index in [4.69, 9.17) is 10.00 Å². The Morgan fingerprint density at radius 2 is 1.76 bits per heavy atom. The summed E-state index contributed by atoms with van der Waals surface area (Å²) < 4.78 is 33.1. The molecule has 2 aromatic carbocycles. The van der Waals surface area contributed by atoms with Crippen LogP contribution in [-0.2, 0) is 21.2 Å². The summed E-state index contributed by atoms with van der Waals surface area (Å²) in [6, 6.07) is 14.0. The number of hydrogen-bond acceptors (Lipinski definition) is 6. The van der Waals surface area contributed by atoms with E-state index >= 15 is 0 Å². The molecule has 1 aliphatic heterocycles. The fourth-order valence-electron chi connectivity index (χ4n) is 4.03. The molecule has 0 aliphatic carbocycles. The van der Waals surface area contributed by atoms with Crippen molar-refractivity contribution >= 4 is 27.3 Å². The molecule has 1 amide bonds. The van der Waals surface area contributed by atoms with Gasteiger partial charge in [-0.2, -0.15) is 9.57 Å². The van der Waals surface area contributed by atoms with E-state index in [1.165, 1.54) is 4.31 Å². The molecule has 9 heteroatoms. The maximum Gasteiger partial charge on any atom is 0.262 e. The second-order valence-electron chi connectivity index (χ2n) is 8.13. The average molecular weight is 485 g/mol. The first-order valence-corrected chi connectivity index (χ1v) is 13.1. The highest BCUT2D eigenvalue weighted by atomic mass is 32.2. The van der Waals surface area contributed by atoms with E-state index < -0.39 is 10.0 Å². The Morgan fingerprint density at radius 1 is 1.09 bits per heavy atom. The van der Waals surface area contributed by atoms with Crippen molar-refractivity contribution in [1.82, 2.24) is 4.31 Å². The van der Waals surface area contributed by atoms with Gasteiger partial charge < -0.3 is 15.0 Å². The molecule has 8 nitrogen and oxygen atoms in total. The summed E-state index contributed by atoms with van der Waals surface area (Å²) in [7, 11) is -3.66. The van der Waals surface area contributed by atoms with Gasteiger partial charge in [0.15, 0.2) is 6.61 Å². The number of ether oxygens (including phenoxy) is 1. The highest BCUT2D eigenvalue weighted by molar-refractivity contribution is 7.89. The molecule has 1 heterocycles. The number of amides is 1. The molecule has 0 saturated carbocycles. The van der Waals surface area contributed by atoms with Gasteiger partial charge in [-0.15, -0.1) is 0 Å². The Balaban J connectivity index is 1.80. The summed E-state index contributed by atoms with van der Waals surface area (Å²) in [5.41, 5.74) is 2.15. The maximum atomic E-state index is 13.1. The molecule has 0 unspecified atom stereocenters. The molecule has 1 N–H and O–H groups in total. The van der Waals surface area contributed by atoms with Gasteiger partial charge in [0.2, 0.25) is 10.0 Å². The quantitative estimate of drug-likeness (QED) is 0.550. The highest BCUT2D eigenvalue weighted by Crippen LogP contribution is 2.32. The maximum absolute atomic E-state index is 13.1. The summed E-state index contributed by atoms with van der Waals surface area (Å²) >= 11 is 0. The van der Waals surface area contributed by atoms with Crippen molar-refractivity contribution in [2.75, 3.05) is 43.0 Å². The number of carbonyl (C=O) groups excluding carboxylic acids is 1.